The van der Waals surface area contributed by atoms with Gasteiger partial charge in [-0.3, -0.25) is 20.0 Å². The molecule has 2 aromatic heterocycles. The Morgan fingerprint density at radius 2 is 1.59 bits per heavy atom. The lowest BCUT2D eigenvalue weighted by atomic mass is 10.1. The molecule has 4 aromatic rings. The van der Waals surface area contributed by atoms with Gasteiger partial charge in [0.05, 0.1) is 37.1 Å². The fourth-order valence-corrected chi connectivity index (χ4v) is 5.22. The molecular weight excluding hydrogens is 586 g/mol. The summed E-state index contributed by atoms with van der Waals surface area (Å²) in [6, 6.07) is 15.4. The van der Waals surface area contributed by atoms with Crippen LogP contribution in [0.4, 0.5) is 22.0 Å². The van der Waals surface area contributed by atoms with Crippen LogP contribution >= 0.6 is 0 Å². The third kappa shape index (κ3) is 8.19. The number of benzene rings is 2. The molecule has 1 N–H and O–H groups in total. The van der Waals surface area contributed by atoms with Crippen molar-refractivity contribution in [1.82, 2.24) is 24.8 Å². The Bertz CT molecular complexity index is 1660. The van der Waals surface area contributed by atoms with Gasteiger partial charge >= 0.3 is 6.09 Å². The van der Waals surface area contributed by atoms with E-state index in [1.54, 1.807) is 60.4 Å². The Labute approximate surface area is 269 Å². The van der Waals surface area contributed by atoms with Crippen molar-refractivity contribution >= 4 is 40.2 Å². The zero-order chi connectivity index (χ0) is 32.8. The molecule has 1 aliphatic heterocycles. The summed E-state index contributed by atoms with van der Waals surface area (Å²) in [6.45, 7) is 11.6. The largest absolute Gasteiger partial charge is 0.497 e. The molecule has 1 fully saturated rings. The summed E-state index contributed by atoms with van der Waals surface area (Å²) in [5.41, 5.74) is 4.13. The minimum absolute atomic E-state index is 0.116. The summed E-state index contributed by atoms with van der Waals surface area (Å²) in [6.07, 6.45) is 2.79. The highest BCUT2D eigenvalue weighted by Crippen LogP contribution is 2.34. The average Bonchev–Trinajstić information content (AvgIpc) is 3.04. The molecule has 1 aliphatic rings. The first-order chi connectivity index (χ1) is 22.0. The van der Waals surface area contributed by atoms with E-state index in [1.165, 1.54) is 0 Å². The number of nitrogens with zero attached hydrogens (tertiary/aromatic N) is 6. The van der Waals surface area contributed by atoms with Crippen molar-refractivity contribution in [3.05, 3.63) is 60.9 Å². The number of ether oxygens (including phenoxy) is 3. The van der Waals surface area contributed by atoms with Crippen molar-refractivity contribution in [2.24, 2.45) is 0 Å². The zero-order valence-electron chi connectivity index (χ0n) is 27.2. The van der Waals surface area contributed by atoms with Crippen LogP contribution in [-0.4, -0.2) is 95.8 Å². The van der Waals surface area contributed by atoms with Gasteiger partial charge in [0.2, 0.25) is 5.91 Å². The van der Waals surface area contributed by atoms with Gasteiger partial charge in [0.15, 0.2) is 0 Å². The number of nitrogens with one attached hydrogen (secondary N) is 1. The van der Waals surface area contributed by atoms with Gasteiger partial charge in [0.1, 0.15) is 22.9 Å². The molecule has 2 amide bonds. The third-order valence-corrected chi connectivity index (χ3v) is 7.63. The number of aromatic nitrogens is 3. The standard InChI is InChI=1S/C34H41N7O5/c1-23(42)40-14-11-39(12-15-40)13-16-41(26-17-27(44-5)20-28(18-26)45-6)25-8-9-29-30(19-25)37-31(22-35-29)24-7-10-32(36-21-24)38-33(43)46-34(2,3)4/h7-10,17-22H,11-16H2,1-6H3,(H,36,38,43). The van der Waals surface area contributed by atoms with Crippen LogP contribution in [0.1, 0.15) is 27.7 Å². The van der Waals surface area contributed by atoms with E-state index in [2.05, 4.69) is 25.1 Å². The van der Waals surface area contributed by atoms with E-state index in [-0.39, 0.29) is 5.91 Å². The fraction of sp³-hybridized carbons (Fsp3) is 0.382. The molecule has 1 saturated heterocycles. The van der Waals surface area contributed by atoms with Crippen molar-refractivity contribution in [2.75, 3.05) is 63.7 Å². The van der Waals surface area contributed by atoms with Crippen molar-refractivity contribution in [2.45, 2.75) is 33.3 Å². The summed E-state index contributed by atoms with van der Waals surface area (Å²) < 4.78 is 16.5. The van der Waals surface area contributed by atoms with Crippen LogP contribution in [0.2, 0.25) is 0 Å². The maximum Gasteiger partial charge on any atom is 0.413 e. The molecule has 46 heavy (non-hydrogen) atoms. The van der Waals surface area contributed by atoms with Crippen LogP contribution < -0.4 is 19.7 Å². The monoisotopic (exact) mass is 627 g/mol. The maximum absolute atomic E-state index is 12.1. The summed E-state index contributed by atoms with van der Waals surface area (Å²) in [5, 5.41) is 2.65. The molecular formula is C34H41N7O5. The Morgan fingerprint density at radius 1 is 0.870 bits per heavy atom. The van der Waals surface area contributed by atoms with Crippen LogP contribution in [0, 0.1) is 0 Å². The number of pyridine rings is 1. The second kappa shape index (κ2) is 14.0. The number of carbonyl (C=O) groups excluding carboxylic acids is 2. The number of piperazine rings is 1. The van der Waals surface area contributed by atoms with Gasteiger partial charge in [-0.15, -0.1) is 0 Å². The highest BCUT2D eigenvalue weighted by atomic mass is 16.6. The van der Waals surface area contributed by atoms with Crippen LogP contribution in [0.25, 0.3) is 22.3 Å². The second-order valence-corrected chi connectivity index (χ2v) is 12.1. The second-order valence-electron chi connectivity index (χ2n) is 12.1. The van der Waals surface area contributed by atoms with E-state index in [1.807, 2.05) is 47.4 Å². The molecule has 0 radical (unpaired) electrons. The molecule has 5 rings (SSSR count). The number of amides is 2. The van der Waals surface area contributed by atoms with Gasteiger partial charge in [0, 0.05) is 87.5 Å². The minimum atomic E-state index is -0.608. The van der Waals surface area contributed by atoms with E-state index in [0.717, 1.165) is 60.7 Å². The average molecular weight is 628 g/mol. The Balaban J connectivity index is 1.41. The number of methoxy groups -OCH3 is 2. The summed E-state index contributed by atoms with van der Waals surface area (Å²) in [5.74, 6) is 1.87. The van der Waals surface area contributed by atoms with Crippen LogP contribution in [0.3, 0.4) is 0 Å². The molecule has 3 heterocycles. The predicted molar refractivity (Wildman–Crippen MR) is 178 cm³/mol. The highest BCUT2D eigenvalue weighted by molar-refractivity contribution is 5.85. The molecule has 0 aliphatic carbocycles. The lowest BCUT2D eigenvalue weighted by Crippen LogP contribution is -2.49. The zero-order valence-corrected chi connectivity index (χ0v) is 27.2. The van der Waals surface area contributed by atoms with Gasteiger partial charge in [-0.25, -0.2) is 14.8 Å². The van der Waals surface area contributed by atoms with E-state index in [4.69, 9.17) is 19.2 Å². The summed E-state index contributed by atoms with van der Waals surface area (Å²) >= 11 is 0. The Morgan fingerprint density at radius 3 is 2.20 bits per heavy atom. The van der Waals surface area contributed by atoms with E-state index < -0.39 is 11.7 Å². The van der Waals surface area contributed by atoms with Crippen molar-refractivity contribution in [3.63, 3.8) is 0 Å². The molecule has 0 spiro atoms. The van der Waals surface area contributed by atoms with Gasteiger partial charge in [-0.2, -0.15) is 0 Å². The minimum Gasteiger partial charge on any atom is -0.497 e. The molecule has 2 aromatic carbocycles. The number of carbonyl (C=O) groups is 2. The number of anilines is 3. The van der Waals surface area contributed by atoms with Gasteiger partial charge in [-0.1, -0.05) is 0 Å². The molecule has 0 unspecified atom stereocenters. The molecule has 242 valence electrons. The van der Waals surface area contributed by atoms with Crippen molar-refractivity contribution in [1.29, 1.82) is 0 Å². The van der Waals surface area contributed by atoms with E-state index >= 15 is 0 Å². The summed E-state index contributed by atoms with van der Waals surface area (Å²) in [7, 11) is 3.28. The summed E-state index contributed by atoms with van der Waals surface area (Å²) in [4.78, 5) is 44.4. The quantitative estimate of drug-likeness (QED) is 0.260. The van der Waals surface area contributed by atoms with Gasteiger partial charge in [-0.05, 0) is 51.1 Å². The highest BCUT2D eigenvalue weighted by Gasteiger charge is 2.21. The van der Waals surface area contributed by atoms with Gasteiger partial charge in [0.25, 0.3) is 0 Å². The first kappa shape index (κ1) is 32.4. The number of hydrogen-bond acceptors (Lipinski definition) is 10. The van der Waals surface area contributed by atoms with Crippen LogP contribution in [0.5, 0.6) is 11.5 Å². The topological polar surface area (TPSA) is 122 Å². The fourth-order valence-electron chi connectivity index (χ4n) is 5.22. The molecule has 0 saturated carbocycles. The Hall–Kier alpha value is -4.97. The lowest BCUT2D eigenvalue weighted by Gasteiger charge is -2.36. The normalized spacial score (nSPS) is 13.7. The molecule has 12 nitrogen and oxygen atoms in total. The van der Waals surface area contributed by atoms with Crippen molar-refractivity contribution < 1.29 is 23.8 Å². The maximum atomic E-state index is 12.1. The Kier molecular flexibility index (Phi) is 9.86. The first-order valence-electron chi connectivity index (χ1n) is 15.2. The van der Waals surface area contributed by atoms with Crippen molar-refractivity contribution in [3.8, 4) is 22.8 Å². The van der Waals surface area contributed by atoms with E-state index in [9.17, 15) is 9.59 Å². The lowest BCUT2D eigenvalue weighted by molar-refractivity contribution is -0.130. The SMILES string of the molecule is COc1cc(OC)cc(N(CCN2CCN(C(C)=O)CC2)c2ccc3ncc(-c4ccc(NC(=O)OC(C)(C)C)nc4)nc3c2)c1. The molecule has 0 atom stereocenters. The predicted octanol–water partition coefficient (Wildman–Crippen LogP) is 5.36. The number of fused-ring (bicyclic) bond motifs is 1. The van der Waals surface area contributed by atoms with Gasteiger partial charge < -0.3 is 24.0 Å². The molecule has 0 bridgehead atoms. The number of hydrogen-bond donors (Lipinski definition) is 1. The first-order valence-corrected chi connectivity index (χ1v) is 15.2. The third-order valence-electron chi connectivity index (χ3n) is 7.63. The van der Waals surface area contributed by atoms with Crippen LogP contribution in [0.15, 0.2) is 60.9 Å². The molecule has 12 heteroatoms. The van der Waals surface area contributed by atoms with E-state index in [0.29, 0.717) is 29.6 Å². The smallest absolute Gasteiger partial charge is 0.413 e. The van der Waals surface area contributed by atoms with Crippen LogP contribution in [-0.2, 0) is 9.53 Å². The number of rotatable bonds is 9.